The Balaban J connectivity index is 3.66. The molecule has 0 aliphatic heterocycles. The Hall–Kier alpha value is 0.770. The molecule has 0 unspecified atom stereocenters. The van der Waals surface area contributed by atoms with Gasteiger partial charge in [0.2, 0.25) is 0 Å². The zero-order valence-electron chi connectivity index (χ0n) is 10.5. The fourth-order valence-electron chi connectivity index (χ4n) is 1.56. The number of rotatable bonds is 5. The minimum atomic E-state index is 0.441. The van der Waals surface area contributed by atoms with Crippen LogP contribution in [-0.4, -0.2) is 36.4 Å². The van der Waals surface area contributed by atoms with E-state index in [-0.39, 0.29) is 0 Å². The number of hydrogen-bond donors (Lipinski definition) is 1. The van der Waals surface area contributed by atoms with Crippen molar-refractivity contribution in [2.45, 2.75) is 24.5 Å². The third kappa shape index (κ3) is 3.03. The molecule has 96 valence electrons. The van der Waals surface area contributed by atoms with Gasteiger partial charge < -0.3 is 5.11 Å². The van der Waals surface area contributed by atoms with Gasteiger partial charge >= 0.3 is 0 Å². The SMILES string of the molecule is CSc1c(O)c(SC)c(SC)c(SC)c1SC. The van der Waals surface area contributed by atoms with Gasteiger partial charge in [-0.25, -0.2) is 0 Å². The van der Waals surface area contributed by atoms with Crippen LogP contribution in [-0.2, 0) is 0 Å². The third-order valence-corrected chi connectivity index (χ3v) is 6.85. The molecule has 6 heteroatoms. The van der Waals surface area contributed by atoms with E-state index in [0.29, 0.717) is 5.75 Å². The summed E-state index contributed by atoms with van der Waals surface area (Å²) in [5.74, 6) is 0.441. The van der Waals surface area contributed by atoms with E-state index < -0.39 is 0 Å². The normalized spacial score (nSPS) is 10.9. The lowest BCUT2D eigenvalue weighted by molar-refractivity contribution is 0.439. The van der Waals surface area contributed by atoms with Gasteiger partial charge in [-0.1, -0.05) is 0 Å². The molecule has 0 bridgehead atoms. The smallest absolute Gasteiger partial charge is 0.145 e. The van der Waals surface area contributed by atoms with Crippen molar-refractivity contribution in [2.75, 3.05) is 31.3 Å². The lowest BCUT2D eigenvalue weighted by Crippen LogP contribution is -1.91. The summed E-state index contributed by atoms with van der Waals surface area (Å²) in [6, 6.07) is 0. The Labute approximate surface area is 125 Å². The maximum absolute atomic E-state index is 10.4. The van der Waals surface area contributed by atoms with Crippen LogP contribution < -0.4 is 0 Å². The van der Waals surface area contributed by atoms with Crippen molar-refractivity contribution in [1.82, 2.24) is 0 Å². The molecule has 0 aliphatic rings. The summed E-state index contributed by atoms with van der Waals surface area (Å²) >= 11 is 8.42. The first-order valence-electron chi connectivity index (χ1n) is 4.79. The second-order valence-corrected chi connectivity index (χ2v) is 7.10. The van der Waals surface area contributed by atoms with Gasteiger partial charge in [-0.3, -0.25) is 0 Å². The monoisotopic (exact) mass is 324 g/mol. The molecule has 0 radical (unpaired) electrons. The van der Waals surface area contributed by atoms with Gasteiger partial charge in [0.1, 0.15) is 5.75 Å². The van der Waals surface area contributed by atoms with E-state index in [0.717, 1.165) is 9.79 Å². The fourth-order valence-corrected chi connectivity index (χ4v) is 6.70. The van der Waals surface area contributed by atoms with Crippen LogP contribution in [0.4, 0.5) is 0 Å². The van der Waals surface area contributed by atoms with Crippen LogP contribution in [0.2, 0.25) is 0 Å². The molecule has 0 amide bonds. The molecule has 0 aliphatic carbocycles. The first-order valence-corrected chi connectivity index (χ1v) is 10.9. The minimum absolute atomic E-state index is 0.441. The Kier molecular flexibility index (Phi) is 6.87. The van der Waals surface area contributed by atoms with Crippen molar-refractivity contribution < 1.29 is 5.11 Å². The average Bonchev–Trinajstić information content (AvgIpc) is 2.36. The highest BCUT2D eigenvalue weighted by molar-refractivity contribution is 8.05. The largest absolute Gasteiger partial charge is 0.506 e. The van der Waals surface area contributed by atoms with E-state index in [1.54, 1.807) is 58.8 Å². The summed E-state index contributed by atoms with van der Waals surface area (Å²) in [5, 5.41) is 10.4. The molecule has 1 aromatic carbocycles. The summed E-state index contributed by atoms with van der Waals surface area (Å²) < 4.78 is 0. The van der Waals surface area contributed by atoms with Gasteiger partial charge in [0, 0.05) is 14.7 Å². The van der Waals surface area contributed by atoms with Crippen molar-refractivity contribution in [1.29, 1.82) is 0 Å². The minimum Gasteiger partial charge on any atom is -0.506 e. The van der Waals surface area contributed by atoms with Gasteiger partial charge in [-0.2, -0.15) is 0 Å². The lowest BCUT2D eigenvalue weighted by Gasteiger charge is -2.19. The second kappa shape index (κ2) is 7.38. The molecule has 1 aromatic rings. The van der Waals surface area contributed by atoms with Gasteiger partial charge in [-0.15, -0.1) is 58.8 Å². The molecule has 0 spiro atoms. The highest BCUT2D eigenvalue weighted by atomic mass is 32.2. The van der Waals surface area contributed by atoms with E-state index in [4.69, 9.17) is 0 Å². The van der Waals surface area contributed by atoms with E-state index in [9.17, 15) is 5.11 Å². The van der Waals surface area contributed by atoms with Crippen molar-refractivity contribution in [2.24, 2.45) is 0 Å². The maximum atomic E-state index is 10.4. The molecule has 17 heavy (non-hydrogen) atoms. The summed E-state index contributed by atoms with van der Waals surface area (Å²) in [7, 11) is 0. The highest BCUT2D eigenvalue weighted by Crippen LogP contribution is 2.51. The predicted molar refractivity (Wildman–Crippen MR) is 87.0 cm³/mol. The van der Waals surface area contributed by atoms with Crippen LogP contribution in [0.1, 0.15) is 0 Å². The third-order valence-electron chi connectivity index (χ3n) is 2.28. The van der Waals surface area contributed by atoms with E-state index in [2.05, 4.69) is 18.8 Å². The number of aromatic hydroxyl groups is 1. The zero-order chi connectivity index (χ0) is 13.0. The van der Waals surface area contributed by atoms with Crippen LogP contribution in [0.15, 0.2) is 24.5 Å². The molecule has 0 fully saturated rings. The summed E-state index contributed by atoms with van der Waals surface area (Å²) in [6.07, 6.45) is 10.3. The molecule has 0 heterocycles. The molecule has 1 nitrogen and oxygen atoms in total. The first kappa shape index (κ1) is 15.8. The van der Waals surface area contributed by atoms with Crippen LogP contribution in [0.25, 0.3) is 0 Å². The standard InChI is InChI=1S/C11H16OS5/c1-13-7-6(12)8(14-2)10(16-4)11(17-5)9(7)15-3/h12H,1-5H3. The predicted octanol–water partition coefficient (Wildman–Crippen LogP) is 5.00. The Morgan fingerprint density at radius 3 is 1.00 bits per heavy atom. The fraction of sp³-hybridized carbons (Fsp3) is 0.455. The number of benzene rings is 1. The molecular weight excluding hydrogens is 308 g/mol. The van der Waals surface area contributed by atoms with Crippen LogP contribution in [0.5, 0.6) is 5.75 Å². The summed E-state index contributed by atoms with van der Waals surface area (Å²) in [6.45, 7) is 0. The van der Waals surface area contributed by atoms with Gasteiger partial charge in [0.05, 0.1) is 9.79 Å². The molecule has 0 atom stereocenters. The number of thioether (sulfide) groups is 5. The quantitative estimate of drug-likeness (QED) is 0.763. The first-order chi connectivity index (χ1) is 8.15. The Morgan fingerprint density at radius 1 is 0.529 bits per heavy atom. The molecule has 0 aromatic heterocycles. The second-order valence-electron chi connectivity index (χ2n) is 3.01. The molecule has 1 rings (SSSR count). The Bertz CT molecular complexity index is 372. The van der Waals surface area contributed by atoms with E-state index >= 15 is 0 Å². The van der Waals surface area contributed by atoms with Crippen molar-refractivity contribution in [3.8, 4) is 5.75 Å². The van der Waals surface area contributed by atoms with Crippen molar-refractivity contribution >= 4 is 58.8 Å². The van der Waals surface area contributed by atoms with Crippen LogP contribution >= 0.6 is 58.8 Å². The zero-order valence-corrected chi connectivity index (χ0v) is 14.6. The maximum Gasteiger partial charge on any atom is 0.145 e. The van der Waals surface area contributed by atoms with Crippen LogP contribution in [0.3, 0.4) is 0 Å². The highest BCUT2D eigenvalue weighted by Gasteiger charge is 2.21. The van der Waals surface area contributed by atoms with Crippen molar-refractivity contribution in [3.05, 3.63) is 0 Å². The average molecular weight is 325 g/mol. The lowest BCUT2D eigenvalue weighted by atomic mass is 10.3. The van der Waals surface area contributed by atoms with E-state index in [1.165, 1.54) is 14.7 Å². The number of phenols is 1. The number of hydrogen-bond acceptors (Lipinski definition) is 6. The van der Waals surface area contributed by atoms with Crippen molar-refractivity contribution in [3.63, 3.8) is 0 Å². The molecule has 1 N–H and O–H groups in total. The summed E-state index contributed by atoms with van der Waals surface area (Å²) in [5.41, 5.74) is 0. The van der Waals surface area contributed by atoms with Gasteiger partial charge in [0.25, 0.3) is 0 Å². The Morgan fingerprint density at radius 2 is 0.765 bits per heavy atom. The molecule has 0 saturated heterocycles. The van der Waals surface area contributed by atoms with E-state index in [1.807, 2.05) is 12.5 Å². The molecular formula is C11H16OS5. The van der Waals surface area contributed by atoms with Gasteiger partial charge in [-0.05, 0) is 31.3 Å². The number of phenolic OH excluding ortho intramolecular Hbond substituents is 1. The molecule has 0 saturated carbocycles. The van der Waals surface area contributed by atoms with Gasteiger partial charge in [0.15, 0.2) is 0 Å². The van der Waals surface area contributed by atoms with Crippen LogP contribution in [0, 0.1) is 0 Å². The topological polar surface area (TPSA) is 20.2 Å². The summed E-state index contributed by atoms with van der Waals surface area (Å²) in [4.78, 5) is 5.69.